The molecule has 0 aromatic heterocycles. The molecule has 1 fully saturated rings. The van der Waals surface area contributed by atoms with Crippen molar-refractivity contribution in [1.82, 2.24) is 0 Å². The molecule has 1 saturated heterocycles. The molecule has 0 bridgehead atoms. The Kier molecular flexibility index (Phi) is 2.73. The van der Waals surface area contributed by atoms with Gasteiger partial charge in [0.25, 0.3) is 0 Å². The van der Waals surface area contributed by atoms with Gasteiger partial charge in [-0.05, 0) is 13.8 Å². The molecule has 0 aromatic carbocycles. The van der Waals surface area contributed by atoms with E-state index < -0.39 is 11.6 Å². The van der Waals surface area contributed by atoms with Gasteiger partial charge in [-0.15, -0.1) is 0 Å². The Morgan fingerprint density at radius 3 is 1.50 bits per heavy atom. The number of ether oxygens (including phenoxy) is 4. The van der Waals surface area contributed by atoms with Crippen LogP contribution in [0.3, 0.4) is 0 Å². The van der Waals surface area contributed by atoms with Gasteiger partial charge in [-0.25, -0.2) is 0 Å². The van der Waals surface area contributed by atoms with Crippen molar-refractivity contribution in [3.05, 3.63) is 0 Å². The Hall–Kier alpha value is -0.160. The Labute approximate surface area is 72.7 Å². The molecular weight excluding hydrogens is 160 g/mol. The molecule has 0 spiro atoms. The average Bonchev–Trinajstić information content (AvgIpc) is 2.10. The summed E-state index contributed by atoms with van der Waals surface area (Å²) in [4.78, 5) is 0. The first kappa shape index (κ1) is 9.92. The van der Waals surface area contributed by atoms with E-state index in [-0.39, 0.29) is 0 Å². The SMILES string of the molecule is CO[C@@]1(C)OCCO[C@]1(C)OC. The summed E-state index contributed by atoms with van der Waals surface area (Å²) in [6, 6.07) is 0. The fourth-order valence-corrected chi connectivity index (χ4v) is 1.22. The zero-order valence-electron chi connectivity index (χ0n) is 8.05. The van der Waals surface area contributed by atoms with Crippen molar-refractivity contribution < 1.29 is 18.9 Å². The van der Waals surface area contributed by atoms with Crippen LogP contribution in [0, 0.1) is 0 Å². The third-order valence-electron chi connectivity index (χ3n) is 2.44. The minimum atomic E-state index is -0.819. The van der Waals surface area contributed by atoms with Gasteiger partial charge in [0, 0.05) is 14.2 Å². The number of methoxy groups -OCH3 is 2. The van der Waals surface area contributed by atoms with Gasteiger partial charge in [0.05, 0.1) is 13.2 Å². The minimum absolute atomic E-state index is 0.531. The van der Waals surface area contributed by atoms with E-state index in [1.54, 1.807) is 28.1 Å². The third-order valence-corrected chi connectivity index (χ3v) is 2.44. The Morgan fingerprint density at radius 1 is 0.917 bits per heavy atom. The minimum Gasteiger partial charge on any atom is -0.349 e. The molecule has 0 unspecified atom stereocenters. The lowest BCUT2D eigenvalue weighted by atomic mass is 10.1. The van der Waals surface area contributed by atoms with Crippen LogP contribution in [0.25, 0.3) is 0 Å². The highest BCUT2D eigenvalue weighted by atomic mass is 16.8. The maximum Gasteiger partial charge on any atom is 0.220 e. The third kappa shape index (κ3) is 1.35. The summed E-state index contributed by atoms with van der Waals surface area (Å²) in [5.74, 6) is -1.64. The number of hydrogen-bond donors (Lipinski definition) is 0. The maximum atomic E-state index is 5.45. The van der Waals surface area contributed by atoms with Crippen molar-refractivity contribution in [2.45, 2.75) is 25.4 Å². The zero-order chi connectivity index (χ0) is 9.24. The normalized spacial score (nSPS) is 43.0. The average molecular weight is 176 g/mol. The summed E-state index contributed by atoms with van der Waals surface area (Å²) < 4.78 is 21.3. The summed E-state index contributed by atoms with van der Waals surface area (Å²) in [6.07, 6.45) is 0. The van der Waals surface area contributed by atoms with Gasteiger partial charge in [0.2, 0.25) is 11.6 Å². The fraction of sp³-hybridized carbons (Fsp3) is 1.00. The quantitative estimate of drug-likeness (QED) is 0.622. The largest absolute Gasteiger partial charge is 0.349 e. The molecule has 12 heavy (non-hydrogen) atoms. The lowest BCUT2D eigenvalue weighted by molar-refractivity contribution is -0.415. The summed E-state index contributed by atoms with van der Waals surface area (Å²) >= 11 is 0. The standard InChI is InChI=1S/C8H16O4/c1-7(9-3)8(2,10-4)12-6-5-11-7/h5-6H2,1-4H3/t7-,8-/m0/s1. The monoisotopic (exact) mass is 176 g/mol. The molecule has 1 aliphatic heterocycles. The van der Waals surface area contributed by atoms with Crippen LogP contribution in [-0.4, -0.2) is 39.0 Å². The van der Waals surface area contributed by atoms with Crippen molar-refractivity contribution in [1.29, 1.82) is 0 Å². The molecular formula is C8H16O4. The molecule has 0 amide bonds. The molecule has 0 aliphatic carbocycles. The van der Waals surface area contributed by atoms with Gasteiger partial charge in [0.15, 0.2) is 0 Å². The van der Waals surface area contributed by atoms with Crippen LogP contribution >= 0.6 is 0 Å². The van der Waals surface area contributed by atoms with Crippen LogP contribution in [0.15, 0.2) is 0 Å². The van der Waals surface area contributed by atoms with Crippen LogP contribution in [0.4, 0.5) is 0 Å². The fourth-order valence-electron chi connectivity index (χ4n) is 1.22. The van der Waals surface area contributed by atoms with Gasteiger partial charge in [0.1, 0.15) is 0 Å². The van der Waals surface area contributed by atoms with Crippen LogP contribution in [0.1, 0.15) is 13.8 Å². The molecule has 4 heteroatoms. The molecule has 1 heterocycles. The number of hydrogen-bond acceptors (Lipinski definition) is 4. The predicted octanol–water partition coefficient (Wildman–Crippen LogP) is 0.758. The van der Waals surface area contributed by atoms with E-state index in [4.69, 9.17) is 18.9 Å². The van der Waals surface area contributed by atoms with Gasteiger partial charge in [-0.3, -0.25) is 0 Å². The van der Waals surface area contributed by atoms with Crippen LogP contribution < -0.4 is 0 Å². The summed E-state index contributed by atoms with van der Waals surface area (Å²) in [5, 5.41) is 0. The second-order valence-electron chi connectivity index (χ2n) is 3.00. The first-order valence-electron chi connectivity index (χ1n) is 3.96. The first-order chi connectivity index (χ1) is 5.58. The van der Waals surface area contributed by atoms with E-state index in [1.807, 2.05) is 0 Å². The molecule has 0 radical (unpaired) electrons. The zero-order valence-corrected chi connectivity index (χ0v) is 8.05. The van der Waals surface area contributed by atoms with Crippen molar-refractivity contribution >= 4 is 0 Å². The maximum absolute atomic E-state index is 5.45. The Morgan fingerprint density at radius 2 is 1.25 bits per heavy atom. The van der Waals surface area contributed by atoms with Crippen LogP contribution in [0.2, 0.25) is 0 Å². The highest BCUT2D eigenvalue weighted by molar-refractivity contribution is 4.83. The van der Waals surface area contributed by atoms with E-state index in [0.717, 1.165) is 0 Å². The van der Waals surface area contributed by atoms with Crippen LogP contribution in [0.5, 0.6) is 0 Å². The lowest BCUT2D eigenvalue weighted by Crippen LogP contribution is -2.59. The Balaban J connectivity index is 2.79. The van der Waals surface area contributed by atoms with Gasteiger partial charge >= 0.3 is 0 Å². The lowest BCUT2D eigenvalue weighted by Gasteiger charge is -2.46. The van der Waals surface area contributed by atoms with E-state index in [2.05, 4.69) is 0 Å². The van der Waals surface area contributed by atoms with Gasteiger partial charge < -0.3 is 18.9 Å². The van der Waals surface area contributed by atoms with E-state index in [9.17, 15) is 0 Å². The predicted molar refractivity (Wildman–Crippen MR) is 42.7 cm³/mol. The smallest absolute Gasteiger partial charge is 0.220 e. The second kappa shape index (κ2) is 3.30. The second-order valence-corrected chi connectivity index (χ2v) is 3.00. The van der Waals surface area contributed by atoms with Crippen molar-refractivity contribution in [2.24, 2.45) is 0 Å². The summed E-state index contributed by atoms with van der Waals surface area (Å²) in [7, 11) is 3.15. The summed E-state index contributed by atoms with van der Waals surface area (Å²) in [6.45, 7) is 4.66. The topological polar surface area (TPSA) is 36.9 Å². The molecule has 2 atom stereocenters. The van der Waals surface area contributed by atoms with E-state index >= 15 is 0 Å². The molecule has 1 aliphatic rings. The van der Waals surface area contributed by atoms with Crippen molar-refractivity contribution in [3.63, 3.8) is 0 Å². The van der Waals surface area contributed by atoms with Gasteiger partial charge in [-0.1, -0.05) is 0 Å². The molecule has 0 saturated carbocycles. The van der Waals surface area contributed by atoms with Crippen LogP contribution in [-0.2, 0) is 18.9 Å². The molecule has 0 N–H and O–H groups in total. The molecule has 72 valence electrons. The van der Waals surface area contributed by atoms with Crippen molar-refractivity contribution in [2.75, 3.05) is 27.4 Å². The highest BCUT2D eigenvalue weighted by Crippen LogP contribution is 2.33. The molecule has 0 aromatic rings. The van der Waals surface area contributed by atoms with E-state index in [1.165, 1.54) is 0 Å². The van der Waals surface area contributed by atoms with Gasteiger partial charge in [-0.2, -0.15) is 0 Å². The highest BCUT2D eigenvalue weighted by Gasteiger charge is 2.50. The van der Waals surface area contributed by atoms with E-state index in [0.29, 0.717) is 13.2 Å². The van der Waals surface area contributed by atoms with Crippen molar-refractivity contribution in [3.8, 4) is 0 Å². The Bertz CT molecular complexity index is 143. The number of rotatable bonds is 2. The first-order valence-corrected chi connectivity index (χ1v) is 3.96. The molecule has 4 nitrogen and oxygen atoms in total. The molecule has 1 rings (SSSR count). The summed E-state index contributed by atoms with van der Waals surface area (Å²) in [5.41, 5.74) is 0.